The van der Waals surface area contributed by atoms with E-state index in [1.54, 1.807) is 41.3 Å². The second-order valence-corrected chi connectivity index (χ2v) is 9.89. The maximum Gasteiger partial charge on any atom is 0.246 e. The Hall–Kier alpha value is -3.44. The van der Waals surface area contributed by atoms with Crippen LogP contribution < -0.4 is 20.9 Å². The molecule has 10 nitrogen and oxygen atoms in total. The largest absolute Gasteiger partial charge is 0.376 e. The molecule has 2 heterocycles. The summed E-state index contributed by atoms with van der Waals surface area (Å²) in [7, 11) is -3.84. The first-order valence-corrected chi connectivity index (χ1v) is 12.0. The SMILES string of the molecule is CC1CC(=O)Nc2ccccc2N1C(=O)CNc1cccc(S(=O)(=O)N2CCNC(=O)C2)c1. The highest BCUT2D eigenvalue weighted by Crippen LogP contribution is 2.31. The Bertz CT molecular complexity index is 1200. The predicted octanol–water partition coefficient (Wildman–Crippen LogP) is 0.983. The lowest BCUT2D eigenvalue weighted by molar-refractivity contribution is -0.122. The third kappa shape index (κ3) is 4.83. The van der Waals surface area contributed by atoms with E-state index in [0.29, 0.717) is 17.1 Å². The summed E-state index contributed by atoms with van der Waals surface area (Å²) in [6, 6.07) is 12.9. The Morgan fingerprint density at radius 2 is 1.91 bits per heavy atom. The zero-order valence-corrected chi connectivity index (χ0v) is 18.9. The molecule has 174 valence electrons. The van der Waals surface area contributed by atoms with Gasteiger partial charge in [0.1, 0.15) is 0 Å². The van der Waals surface area contributed by atoms with E-state index in [1.165, 1.54) is 12.1 Å². The number of fused-ring (bicyclic) bond motifs is 1. The Balaban J connectivity index is 1.50. The van der Waals surface area contributed by atoms with Crippen molar-refractivity contribution in [2.24, 2.45) is 0 Å². The number of hydrogen-bond donors (Lipinski definition) is 3. The second kappa shape index (κ2) is 9.20. The number of benzene rings is 2. The number of rotatable bonds is 5. The Labute approximate surface area is 192 Å². The number of para-hydroxylation sites is 2. The molecule has 2 aromatic rings. The monoisotopic (exact) mass is 471 g/mol. The van der Waals surface area contributed by atoms with Crippen LogP contribution in [0.3, 0.4) is 0 Å². The van der Waals surface area contributed by atoms with Crippen molar-refractivity contribution in [3.05, 3.63) is 48.5 Å². The molecule has 0 aromatic heterocycles. The van der Waals surface area contributed by atoms with Crippen LogP contribution in [0.4, 0.5) is 17.1 Å². The summed E-state index contributed by atoms with van der Waals surface area (Å²) in [5.74, 6) is -0.764. The molecule has 1 fully saturated rings. The van der Waals surface area contributed by atoms with Gasteiger partial charge in [-0.3, -0.25) is 14.4 Å². The number of nitrogens with one attached hydrogen (secondary N) is 3. The van der Waals surface area contributed by atoms with Crippen LogP contribution in [-0.2, 0) is 24.4 Å². The van der Waals surface area contributed by atoms with Crippen LogP contribution in [0.25, 0.3) is 0 Å². The lowest BCUT2D eigenvalue weighted by atomic mass is 10.1. The molecule has 4 rings (SSSR count). The number of carbonyl (C=O) groups is 3. The first-order valence-electron chi connectivity index (χ1n) is 10.6. The van der Waals surface area contributed by atoms with Gasteiger partial charge < -0.3 is 20.9 Å². The molecule has 1 saturated heterocycles. The highest BCUT2D eigenvalue weighted by atomic mass is 32.2. The minimum atomic E-state index is -3.84. The number of hydrogen-bond acceptors (Lipinski definition) is 6. The lowest BCUT2D eigenvalue weighted by Crippen LogP contribution is -2.49. The Morgan fingerprint density at radius 1 is 1.12 bits per heavy atom. The number of piperazine rings is 1. The summed E-state index contributed by atoms with van der Waals surface area (Å²) >= 11 is 0. The molecule has 11 heteroatoms. The lowest BCUT2D eigenvalue weighted by Gasteiger charge is -2.28. The van der Waals surface area contributed by atoms with Crippen LogP contribution >= 0.6 is 0 Å². The summed E-state index contributed by atoms with van der Waals surface area (Å²) in [5.41, 5.74) is 1.64. The zero-order valence-electron chi connectivity index (χ0n) is 18.1. The van der Waals surface area contributed by atoms with Crippen molar-refractivity contribution in [2.45, 2.75) is 24.3 Å². The minimum Gasteiger partial charge on any atom is -0.376 e. The topological polar surface area (TPSA) is 128 Å². The van der Waals surface area contributed by atoms with Crippen molar-refractivity contribution >= 4 is 44.8 Å². The summed E-state index contributed by atoms with van der Waals surface area (Å²) in [6.07, 6.45) is 0.164. The van der Waals surface area contributed by atoms with Gasteiger partial charge in [-0.05, 0) is 37.3 Å². The molecule has 0 spiro atoms. The first kappa shape index (κ1) is 22.7. The van der Waals surface area contributed by atoms with E-state index >= 15 is 0 Å². The van der Waals surface area contributed by atoms with Crippen LogP contribution in [0.1, 0.15) is 13.3 Å². The highest BCUT2D eigenvalue weighted by Gasteiger charge is 2.30. The summed E-state index contributed by atoms with van der Waals surface area (Å²) in [6.45, 7) is 1.95. The summed E-state index contributed by atoms with van der Waals surface area (Å²) < 4.78 is 27.0. The highest BCUT2D eigenvalue weighted by molar-refractivity contribution is 7.89. The molecular formula is C22H25N5O5S. The van der Waals surface area contributed by atoms with Gasteiger partial charge in [0, 0.05) is 31.2 Å². The molecule has 0 bridgehead atoms. The molecule has 33 heavy (non-hydrogen) atoms. The number of anilines is 3. The summed E-state index contributed by atoms with van der Waals surface area (Å²) in [5, 5.41) is 8.41. The molecule has 2 aliphatic heterocycles. The molecule has 3 N–H and O–H groups in total. The van der Waals surface area contributed by atoms with E-state index in [0.717, 1.165) is 4.31 Å². The van der Waals surface area contributed by atoms with Crippen LogP contribution in [0, 0.1) is 0 Å². The number of carbonyl (C=O) groups excluding carboxylic acids is 3. The van der Waals surface area contributed by atoms with Gasteiger partial charge in [-0.15, -0.1) is 0 Å². The van der Waals surface area contributed by atoms with Crippen molar-refractivity contribution in [3.63, 3.8) is 0 Å². The molecule has 1 atom stereocenters. The smallest absolute Gasteiger partial charge is 0.246 e. The average Bonchev–Trinajstić information content (AvgIpc) is 2.91. The molecule has 0 aliphatic carbocycles. The van der Waals surface area contributed by atoms with Crippen molar-refractivity contribution in [1.29, 1.82) is 0 Å². The minimum absolute atomic E-state index is 0.0398. The third-order valence-corrected chi connectivity index (χ3v) is 7.39. The van der Waals surface area contributed by atoms with E-state index in [2.05, 4.69) is 16.0 Å². The van der Waals surface area contributed by atoms with Crippen molar-refractivity contribution < 1.29 is 22.8 Å². The number of amides is 3. The fraction of sp³-hybridized carbons (Fsp3) is 0.318. The summed E-state index contributed by atoms with van der Waals surface area (Å²) in [4.78, 5) is 38.5. The van der Waals surface area contributed by atoms with Crippen LogP contribution in [-0.4, -0.2) is 62.7 Å². The van der Waals surface area contributed by atoms with Gasteiger partial charge >= 0.3 is 0 Å². The van der Waals surface area contributed by atoms with Gasteiger partial charge in [0.2, 0.25) is 27.7 Å². The molecule has 2 aromatic carbocycles. The number of nitrogens with zero attached hydrogens (tertiary/aromatic N) is 2. The van der Waals surface area contributed by atoms with Gasteiger partial charge in [0.25, 0.3) is 0 Å². The van der Waals surface area contributed by atoms with Crippen molar-refractivity contribution in [3.8, 4) is 0 Å². The third-order valence-electron chi connectivity index (χ3n) is 5.55. The quantitative estimate of drug-likeness (QED) is 0.597. The first-order chi connectivity index (χ1) is 15.8. The van der Waals surface area contributed by atoms with E-state index < -0.39 is 10.0 Å². The Morgan fingerprint density at radius 3 is 2.70 bits per heavy atom. The van der Waals surface area contributed by atoms with Crippen LogP contribution in [0.2, 0.25) is 0 Å². The average molecular weight is 472 g/mol. The molecule has 0 saturated carbocycles. The van der Waals surface area contributed by atoms with E-state index in [1.807, 2.05) is 6.92 Å². The molecule has 3 amide bonds. The van der Waals surface area contributed by atoms with Gasteiger partial charge in [0.15, 0.2) is 0 Å². The van der Waals surface area contributed by atoms with E-state index in [9.17, 15) is 22.8 Å². The molecular weight excluding hydrogens is 446 g/mol. The standard InChI is InChI=1S/C22H25N5O5S/c1-15-11-20(28)25-18-7-2-3-8-19(18)27(15)22(30)13-24-16-5-4-6-17(12-16)33(31,32)26-10-9-23-21(29)14-26/h2-8,12,15,24H,9-11,13-14H2,1H3,(H,23,29)(H,25,28). The normalized spacial score (nSPS) is 19.2. The van der Waals surface area contributed by atoms with E-state index in [-0.39, 0.29) is 61.3 Å². The predicted molar refractivity (Wildman–Crippen MR) is 123 cm³/mol. The van der Waals surface area contributed by atoms with Gasteiger partial charge in [-0.2, -0.15) is 4.31 Å². The fourth-order valence-electron chi connectivity index (χ4n) is 3.97. The van der Waals surface area contributed by atoms with Gasteiger partial charge in [-0.25, -0.2) is 8.42 Å². The molecule has 1 unspecified atom stereocenters. The molecule has 2 aliphatic rings. The molecule has 0 radical (unpaired) electrons. The van der Waals surface area contributed by atoms with Gasteiger partial charge in [0.05, 0.1) is 29.4 Å². The van der Waals surface area contributed by atoms with E-state index in [4.69, 9.17) is 0 Å². The maximum absolute atomic E-state index is 13.1. The van der Waals surface area contributed by atoms with Crippen LogP contribution in [0.5, 0.6) is 0 Å². The van der Waals surface area contributed by atoms with Crippen molar-refractivity contribution in [1.82, 2.24) is 9.62 Å². The zero-order chi connectivity index (χ0) is 23.6. The maximum atomic E-state index is 13.1. The second-order valence-electron chi connectivity index (χ2n) is 7.95. The van der Waals surface area contributed by atoms with Gasteiger partial charge in [-0.1, -0.05) is 18.2 Å². The Kier molecular flexibility index (Phi) is 6.34. The fourth-order valence-corrected chi connectivity index (χ4v) is 5.41. The number of sulfonamides is 1. The van der Waals surface area contributed by atoms with Crippen molar-refractivity contribution in [2.75, 3.05) is 41.7 Å². The van der Waals surface area contributed by atoms with Crippen LogP contribution in [0.15, 0.2) is 53.4 Å².